The normalized spacial score (nSPS) is 19.7. The molecule has 1 amide bonds. The van der Waals surface area contributed by atoms with Gasteiger partial charge in [-0.2, -0.15) is 0 Å². The maximum Gasteiger partial charge on any atom is 0.222 e. The largest absolute Gasteiger partial charge is 0.347 e. The van der Waals surface area contributed by atoms with Gasteiger partial charge in [-0.15, -0.1) is 0 Å². The van der Waals surface area contributed by atoms with Gasteiger partial charge >= 0.3 is 0 Å². The van der Waals surface area contributed by atoms with E-state index in [2.05, 4.69) is 15.3 Å². The maximum atomic E-state index is 12.0. The third-order valence-corrected chi connectivity index (χ3v) is 3.70. The molecular weight excluding hydrogens is 228 g/mol. The molecule has 1 saturated carbocycles. The van der Waals surface area contributed by atoms with E-state index in [9.17, 15) is 4.79 Å². The minimum absolute atomic E-state index is 0.0302. The molecule has 0 radical (unpaired) electrons. The van der Waals surface area contributed by atoms with Crippen LogP contribution in [0.5, 0.6) is 0 Å². The number of aromatic nitrogens is 2. The van der Waals surface area contributed by atoms with E-state index in [0.29, 0.717) is 6.42 Å². The molecule has 0 aromatic carbocycles. The van der Waals surface area contributed by atoms with Gasteiger partial charge in [-0.05, 0) is 19.3 Å². The first-order chi connectivity index (χ1) is 8.63. The van der Waals surface area contributed by atoms with E-state index in [4.69, 9.17) is 5.73 Å². The van der Waals surface area contributed by atoms with Crippen LogP contribution in [0.15, 0.2) is 12.4 Å². The van der Waals surface area contributed by atoms with Crippen LogP contribution in [0.2, 0.25) is 0 Å². The highest BCUT2D eigenvalue weighted by atomic mass is 16.1. The van der Waals surface area contributed by atoms with E-state index < -0.39 is 0 Å². The van der Waals surface area contributed by atoms with Gasteiger partial charge in [0, 0.05) is 24.4 Å². The fourth-order valence-corrected chi connectivity index (χ4v) is 2.65. The molecule has 0 spiro atoms. The lowest BCUT2D eigenvalue weighted by Gasteiger charge is -2.24. The number of hydrogen-bond donors (Lipinski definition) is 3. The number of nitrogens with zero attached hydrogens (tertiary/aromatic N) is 1. The zero-order valence-electron chi connectivity index (χ0n) is 10.9. The Balaban J connectivity index is 1.90. The first-order valence-corrected chi connectivity index (χ1v) is 6.70. The van der Waals surface area contributed by atoms with Crippen molar-refractivity contribution in [3.8, 4) is 0 Å². The van der Waals surface area contributed by atoms with Crippen molar-refractivity contribution in [1.82, 2.24) is 15.3 Å². The fourth-order valence-electron chi connectivity index (χ4n) is 2.65. The molecule has 2 rings (SSSR count). The van der Waals surface area contributed by atoms with Crippen LogP contribution in [0.3, 0.4) is 0 Å². The van der Waals surface area contributed by atoms with E-state index in [-0.39, 0.29) is 17.5 Å². The van der Waals surface area contributed by atoms with E-state index in [0.717, 1.165) is 37.9 Å². The number of H-pyrrole nitrogens is 1. The summed E-state index contributed by atoms with van der Waals surface area (Å²) in [6.45, 7) is 2.03. The summed E-state index contributed by atoms with van der Waals surface area (Å²) in [6.07, 6.45) is 8.90. The van der Waals surface area contributed by atoms with Crippen molar-refractivity contribution in [2.75, 3.05) is 0 Å². The second-order valence-electron chi connectivity index (χ2n) is 5.25. The number of amides is 1. The van der Waals surface area contributed by atoms with Crippen molar-refractivity contribution < 1.29 is 4.79 Å². The second-order valence-corrected chi connectivity index (χ2v) is 5.25. The van der Waals surface area contributed by atoms with Gasteiger partial charge in [0.15, 0.2) is 0 Å². The van der Waals surface area contributed by atoms with Gasteiger partial charge < -0.3 is 16.0 Å². The summed E-state index contributed by atoms with van der Waals surface area (Å²) < 4.78 is 0. The van der Waals surface area contributed by atoms with Crippen molar-refractivity contribution in [1.29, 1.82) is 0 Å². The summed E-state index contributed by atoms with van der Waals surface area (Å²) >= 11 is 0. The lowest BCUT2D eigenvalue weighted by molar-refractivity contribution is -0.123. The van der Waals surface area contributed by atoms with Gasteiger partial charge in [0.2, 0.25) is 5.91 Å². The van der Waals surface area contributed by atoms with Gasteiger partial charge in [-0.3, -0.25) is 4.79 Å². The van der Waals surface area contributed by atoms with Crippen LogP contribution in [0, 0.1) is 0 Å². The summed E-state index contributed by atoms with van der Waals surface area (Å²) in [5.41, 5.74) is 5.93. The Bertz CT molecular complexity index is 382. The minimum atomic E-state index is -0.286. The molecule has 1 heterocycles. The average Bonchev–Trinajstić information content (AvgIpc) is 2.97. The van der Waals surface area contributed by atoms with Gasteiger partial charge in [-0.25, -0.2) is 4.98 Å². The summed E-state index contributed by atoms with van der Waals surface area (Å²) in [6, 6.07) is -0.0440. The first kappa shape index (κ1) is 13.1. The molecule has 5 heteroatoms. The van der Waals surface area contributed by atoms with Crippen LogP contribution in [-0.4, -0.2) is 21.4 Å². The number of imidazole rings is 1. The summed E-state index contributed by atoms with van der Waals surface area (Å²) in [4.78, 5) is 19.3. The van der Waals surface area contributed by atoms with E-state index in [1.165, 1.54) is 0 Å². The lowest BCUT2D eigenvalue weighted by atomic mass is 9.94. The van der Waals surface area contributed by atoms with Crippen molar-refractivity contribution >= 4 is 5.91 Å². The third-order valence-electron chi connectivity index (χ3n) is 3.70. The number of nitrogens with two attached hydrogens (primary N) is 1. The molecule has 1 fully saturated rings. The van der Waals surface area contributed by atoms with Crippen LogP contribution in [0.4, 0.5) is 0 Å². The van der Waals surface area contributed by atoms with Crippen LogP contribution < -0.4 is 11.1 Å². The Morgan fingerprint density at radius 1 is 1.61 bits per heavy atom. The summed E-state index contributed by atoms with van der Waals surface area (Å²) in [7, 11) is 0. The second kappa shape index (κ2) is 5.52. The summed E-state index contributed by atoms with van der Waals surface area (Å²) in [5.74, 6) is 0.839. The molecule has 4 N–H and O–H groups in total. The molecule has 0 aliphatic heterocycles. The standard InChI is InChI=1S/C13H22N4O/c1-2-10(12-15-7-8-16-12)17-11(18)9-13(14)5-3-4-6-13/h7-8,10H,2-6,9,14H2,1H3,(H,15,16)(H,17,18). The maximum absolute atomic E-state index is 12.0. The highest BCUT2D eigenvalue weighted by molar-refractivity contribution is 5.77. The zero-order chi connectivity index (χ0) is 13.0. The van der Waals surface area contributed by atoms with Crippen molar-refractivity contribution in [3.63, 3.8) is 0 Å². The quantitative estimate of drug-likeness (QED) is 0.742. The van der Waals surface area contributed by atoms with Crippen LogP contribution in [-0.2, 0) is 4.79 Å². The van der Waals surface area contributed by atoms with Crippen LogP contribution in [0.1, 0.15) is 57.3 Å². The molecule has 1 aliphatic rings. The predicted octanol–water partition coefficient (Wildman–Crippen LogP) is 1.64. The Hall–Kier alpha value is -1.36. The zero-order valence-corrected chi connectivity index (χ0v) is 10.9. The lowest BCUT2D eigenvalue weighted by Crippen LogP contribution is -2.43. The molecule has 18 heavy (non-hydrogen) atoms. The number of aromatic amines is 1. The Morgan fingerprint density at radius 3 is 2.89 bits per heavy atom. The molecular formula is C13H22N4O. The highest BCUT2D eigenvalue weighted by Gasteiger charge is 2.32. The summed E-state index contributed by atoms with van der Waals surface area (Å²) in [5, 5.41) is 3.01. The molecule has 1 aromatic heterocycles. The van der Waals surface area contributed by atoms with Crippen LogP contribution in [0.25, 0.3) is 0 Å². The predicted molar refractivity (Wildman–Crippen MR) is 69.8 cm³/mol. The Morgan fingerprint density at radius 2 is 2.33 bits per heavy atom. The minimum Gasteiger partial charge on any atom is -0.347 e. The monoisotopic (exact) mass is 250 g/mol. The average molecular weight is 250 g/mol. The molecule has 100 valence electrons. The topological polar surface area (TPSA) is 83.8 Å². The third kappa shape index (κ3) is 3.10. The molecule has 1 unspecified atom stereocenters. The number of carbonyl (C=O) groups excluding carboxylic acids is 1. The smallest absolute Gasteiger partial charge is 0.222 e. The molecule has 0 bridgehead atoms. The Kier molecular flexibility index (Phi) is 4.01. The van der Waals surface area contributed by atoms with Crippen molar-refractivity contribution in [3.05, 3.63) is 18.2 Å². The molecule has 0 saturated heterocycles. The van der Waals surface area contributed by atoms with Gasteiger partial charge in [0.05, 0.1) is 6.04 Å². The van der Waals surface area contributed by atoms with Gasteiger partial charge in [-0.1, -0.05) is 19.8 Å². The number of nitrogens with one attached hydrogen (secondary N) is 2. The Labute approximate surface area is 108 Å². The van der Waals surface area contributed by atoms with E-state index in [1.807, 2.05) is 6.92 Å². The first-order valence-electron chi connectivity index (χ1n) is 6.70. The van der Waals surface area contributed by atoms with Crippen molar-refractivity contribution in [2.45, 2.75) is 57.0 Å². The molecule has 1 aromatic rings. The van der Waals surface area contributed by atoms with Crippen molar-refractivity contribution in [2.24, 2.45) is 5.73 Å². The molecule has 5 nitrogen and oxygen atoms in total. The van der Waals surface area contributed by atoms with E-state index in [1.54, 1.807) is 12.4 Å². The fraction of sp³-hybridized carbons (Fsp3) is 0.692. The number of carbonyl (C=O) groups is 1. The SMILES string of the molecule is CCC(NC(=O)CC1(N)CCCC1)c1ncc[nH]1. The molecule has 1 atom stereocenters. The van der Waals surface area contributed by atoms with Gasteiger partial charge in [0.25, 0.3) is 0 Å². The number of rotatable bonds is 5. The van der Waals surface area contributed by atoms with Gasteiger partial charge in [0.1, 0.15) is 5.82 Å². The van der Waals surface area contributed by atoms with Crippen LogP contribution >= 0.6 is 0 Å². The van der Waals surface area contributed by atoms with E-state index >= 15 is 0 Å². The molecule has 1 aliphatic carbocycles. The number of hydrogen-bond acceptors (Lipinski definition) is 3. The highest BCUT2D eigenvalue weighted by Crippen LogP contribution is 2.30.